The van der Waals surface area contributed by atoms with Crippen molar-refractivity contribution in [2.24, 2.45) is 4.99 Å². The standard InChI is InChI=1S/C20H18ClFN2O4/c1-27-19-14(21)8-7-13(18(19)12-5-3-4-6-15(12)22)16-9-11(24-26)10-17(23-16)20(25)28-2/h3-8,10,16,24,26H,9H2,1-2H3. The van der Waals surface area contributed by atoms with Gasteiger partial charge in [0.1, 0.15) is 17.3 Å². The van der Waals surface area contributed by atoms with Crippen LogP contribution in [0.15, 0.2) is 53.2 Å². The van der Waals surface area contributed by atoms with Crippen molar-refractivity contribution in [3.05, 3.63) is 64.6 Å². The number of halogens is 2. The Hall–Kier alpha value is -2.90. The van der Waals surface area contributed by atoms with Crippen molar-refractivity contribution in [1.29, 1.82) is 0 Å². The van der Waals surface area contributed by atoms with E-state index >= 15 is 0 Å². The Morgan fingerprint density at radius 3 is 2.68 bits per heavy atom. The van der Waals surface area contributed by atoms with Gasteiger partial charge in [0.05, 0.1) is 25.3 Å². The van der Waals surface area contributed by atoms with E-state index in [0.717, 1.165) is 0 Å². The average molecular weight is 405 g/mol. The molecule has 0 spiro atoms. The minimum atomic E-state index is -0.647. The number of ether oxygens (including phenoxy) is 2. The zero-order chi connectivity index (χ0) is 20.3. The van der Waals surface area contributed by atoms with E-state index in [1.807, 2.05) is 0 Å². The van der Waals surface area contributed by atoms with Gasteiger partial charge >= 0.3 is 5.97 Å². The van der Waals surface area contributed by atoms with Crippen LogP contribution >= 0.6 is 11.6 Å². The van der Waals surface area contributed by atoms with E-state index in [0.29, 0.717) is 33.2 Å². The molecule has 0 radical (unpaired) electrons. The van der Waals surface area contributed by atoms with E-state index in [4.69, 9.17) is 21.1 Å². The number of hydrogen-bond donors (Lipinski definition) is 2. The number of nitrogens with zero attached hydrogens (tertiary/aromatic N) is 1. The Balaban J connectivity index is 2.22. The van der Waals surface area contributed by atoms with Crippen molar-refractivity contribution in [2.75, 3.05) is 14.2 Å². The molecule has 6 nitrogen and oxygen atoms in total. The van der Waals surface area contributed by atoms with Gasteiger partial charge in [0, 0.05) is 23.2 Å². The molecule has 146 valence electrons. The molecule has 1 unspecified atom stereocenters. The van der Waals surface area contributed by atoms with Crippen molar-refractivity contribution in [3.8, 4) is 16.9 Å². The first-order chi connectivity index (χ1) is 13.5. The third kappa shape index (κ3) is 3.72. The molecular weight excluding hydrogens is 387 g/mol. The molecule has 0 saturated heterocycles. The smallest absolute Gasteiger partial charge is 0.356 e. The van der Waals surface area contributed by atoms with Crippen molar-refractivity contribution >= 4 is 23.3 Å². The lowest BCUT2D eigenvalue weighted by Crippen LogP contribution is -2.23. The number of esters is 1. The zero-order valence-corrected chi connectivity index (χ0v) is 16.0. The van der Waals surface area contributed by atoms with Crippen molar-refractivity contribution in [3.63, 3.8) is 0 Å². The van der Waals surface area contributed by atoms with Gasteiger partial charge in [-0.2, -0.15) is 0 Å². The molecule has 2 N–H and O–H groups in total. The number of nitrogens with one attached hydrogen (secondary N) is 1. The van der Waals surface area contributed by atoms with Crippen LogP contribution in [0, 0.1) is 5.82 Å². The van der Waals surface area contributed by atoms with Gasteiger partial charge in [-0.15, -0.1) is 0 Å². The molecule has 0 fully saturated rings. The first-order valence-corrected chi connectivity index (χ1v) is 8.76. The molecule has 1 aliphatic heterocycles. The molecule has 3 rings (SSSR count). The Morgan fingerprint density at radius 1 is 1.29 bits per heavy atom. The van der Waals surface area contributed by atoms with E-state index in [-0.39, 0.29) is 12.1 Å². The summed E-state index contributed by atoms with van der Waals surface area (Å²) in [6, 6.07) is 8.96. The van der Waals surface area contributed by atoms with Gasteiger partial charge in [-0.3, -0.25) is 15.7 Å². The van der Waals surface area contributed by atoms with Crippen molar-refractivity contribution in [1.82, 2.24) is 5.48 Å². The summed E-state index contributed by atoms with van der Waals surface area (Å²) in [5, 5.41) is 9.69. The lowest BCUT2D eigenvalue weighted by Gasteiger charge is -2.24. The second-order valence-corrected chi connectivity index (χ2v) is 6.44. The monoisotopic (exact) mass is 404 g/mol. The topological polar surface area (TPSA) is 80.2 Å². The third-order valence-corrected chi connectivity index (χ3v) is 4.70. The van der Waals surface area contributed by atoms with E-state index in [2.05, 4.69) is 10.5 Å². The van der Waals surface area contributed by atoms with E-state index < -0.39 is 17.8 Å². The van der Waals surface area contributed by atoms with Gasteiger partial charge in [0.2, 0.25) is 0 Å². The molecule has 0 aliphatic carbocycles. The molecule has 8 heteroatoms. The van der Waals surface area contributed by atoms with Gasteiger partial charge in [-0.25, -0.2) is 9.18 Å². The average Bonchev–Trinajstić information content (AvgIpc) is 2.72. The lowest BCUT2D eigenvalue weighted by molar-refractivity contribution is -0.132. The van der Waals surface area contributed by atoms with Crippen LogP contribution in [0.25, 0.3) is 11.1 Å². The summed E-state index contributed by atoms with van der Waals surface area (Å²) in [4.78, 5) is 16.4. The van der Waals surface area contributed by atoms with Crippen LogP contribution in [0.2, 0.25) is 5.02 Å². The minimum absolute atomic E-state index is 0.0312. The van der Waals surface area contributed by atoms with Crippen LogP contribution in [-0.2, 0) is 9.53 Å². The number of methoxy groups -OCH3 is 2. The highest BCUT2D eigenvalue weighted by atomic mass is 35.5. The van der Waals surface area contributed by atoms with E-state index in [1.165, 1.54) is 26.4 Å². The molecule has 1 heterocycles. The largest absolute Gasteiger partial charge is 0.495 e. The fraction of sp³-hybridized carbons (Fsp3) is 0.200. The number of rotatable bonds is 5. The molecule has 1 aliphatic rings. The summed E-state index contributed by atoms with van der Waals surface area (Å²) in [5.74, 6) is -0.800. The summed E-state index contributed by atoms with van der Waals surface area (Å²) >= 11 is 6.28. The van der Waals surface area contributed by atoms with Crippen LogP contribution < -0.4 is 10.2 Å². The Bertz CT molecular complexity index is 975. The molecule has 1 atom stereocenters. The Labute approximate surface area is 166 Å². The maximum Gasteiger partial charge on any atom is 0.356 e. The predicted molar refractivity (Wildman–Crippen MR) is 103 cm³/mol. The highest BCUT2D eigenvalue weighted by Gasteiger charge is 2.28. The van der Waals surface area contributed by atoms with Gasteiger partial charge in [0.15, 0.2) is 0 Å². The van der Waals surface area contributed by atoms with Crippen molar-refractivity contribution in [2.45, 2.75) is 12.5 Å². The number of benzene rings is 2. The van der Waals surface area contributed by atoms with Gasteiger partial charge < -0.3 is 9.47 Å². The first kappa shape index (κ1) is 19.9. The number of aliphatic imine (C=N–C) groups is 1. The molecule has 2 aromatic rings. The fourth-order valence-electron chi connectivity index (χ4n) is 3.15. The van der Waals surface area contributed by atoms with Crippen LogP contribution in [-0.4, -0.2) is 31.1 Å². The Kier molecular flexibility index (Phi) is 5.96. The van der Waals surface area contributed by atoms with Crippen LogP contribution in [0.4, 0.5) is 4.39 Å². The number of carbonyl (C=O) groups is 1. The molecule has 0 bridgehead atoms. The molecule has 0 aromatic heterocycles. The third-order valence-electron chi connectivity index (χ3n) is 4.41. The summed E-state index contributed by atoms with van der Waals surface area (Å²) in [7, 11) is 2.68. The quantitative estimate of drug-likeness (QED) is 0.580. The fourth-order valence-corrected chi connectivity index (χ4v) is 3.38. The molecular formula is C20H18ClFN2O4. The van der Waals surface area contributed by atoms with Gasteiger partial charge in [-0.05, 0) is 23.8 Å². The normalized spacial score (nSPS) is 16.1. The molecule has 2 aromatic carbocycles. The summed E-state index contributed by atoms with van der Waals surface area (Å²) in [6.07, 6.45) is 1.65. The van der Waals surface area contributed by atoms with Gasteiger partial charge in [-0.1, -0.05) is 35.9 Å². The second kappa shape index (κ2) is 8.41. The number of dihydropyridines is 1. The lowest BCUT2D eigenvalue weighted by atomic mass is 9.90. The highest BCUT2D eigenvalue weighted by Crippen LogP contribution is 2.44. The van der Waals surface area contributed by atoms with Crippen molar-refractivity contribution < 1.29 is 23.9 Å². The van der Waals surface area contributed by atoms with Gasteiger partial charge in [0.25, 0.3) is 0 Å². The number of hydroxylamine groups is 1. The summed E-state index contributed by atoms with van der Waals surface area (Å²) in [6.45, 7) is 0. The molecule has 0 saturated carbocycles. The van der Waals surface area contributed by atoms with Crippen LogP contribution in [0.1, 0.15) is 18.0 Å². The Morgan fingerprint density at radius 2 is 2.04 bits per heavy atom. The van der Waals surface area contributed by atoms with Crippen LogP contribution in [0.3, 0.4) is 0 Å². The maximum absolute atomic E-state index is 14.6. The summed E-state index contributed by atoms with van der Waals surface area (Å²) in [5.41, 5.74) is 3.78. The van der Waals surface area contributed by atoms with E-state index in [9.17, 15) is 14.4 Å². The molecule has 28 heavy (non-hydrogen) atoms. The SMILES string of the molecule is COC(=O)C1=NC(c2ccc(Cl)c(OC)c2-c2ccccc2F)CC(NO)=C1. The number of hydrogen-bond acceptors (Lipinski definition) is 6. The maximum atomic E-state index is 14.6. The zero-order valence-electron chi connectivity index (χ0n) is 15.2. The second-order valence-electron chi connectivity index (χ2n) is 6.03. The minimum Gasteiger partial charge on any atom is -0.495 e. The molecule has 0 amide bonds. The first-order valence-electron chi connectivity index (χ1n) is 8.38. The highest BCUT2D eigenvalue weighted by molar-refractivity contribution is 6.41. The van der Waals surface area contributed by atoms with Crippen LogP contribution in [0.5, 0.6) is 5.75 Å². The summed E-state index contributed by atoms with van der Waals surface area (Å²) < 4.78 is 24.8. The predicted octanol–water partition coefficient (Wildman–Crippen LogP) is 4.08. The van der Waals surface area contributed by atoms with E-state index in [1.54, 1.807) is 30.3 Å². The number of carbonyl (C=O) groups excluding carboxylic acids is 1.